The summed E-state index contributed by atoms with van der Waals surface area (Å²) in [5, 5.41) is 23.0. The van der Waals surface area contributed by atoms with Crippen molar-refractivity contribution in [3.05, 3.63) is 57.6 Å². The van der Waals surface area contributed by atoms with Crippen molar-refractivity contribution in [1.29, 1.82) is 0 Å². The second-order valence-corrected chi connectivity index (χ2v) is 6.33. The van der Waals surface area contributed by atoms with Gasteiger partial charge in [0.05, 0.1) is 34.5 Å². The van der Waals surface area contributed by atoms with Crippen LogP contribution in [-0.4, -0.2) is 42.1 Å². The molecule has 1 amide bonds. The number of nitrogens with one attached hydrogen (secondary N) is 1. The number of carboxylic acids is 1. The number of hydrogen-bond acceptors (Lipinski definition) is 6. The lowest BCUT2D eigenvalue weighted by Gasteiger charge is -2.21. The number of ether oxygens (including phenoxy) is 1. The zero-order valence-corrected chi connectivity index (χ0v) is 15.2. The van der Waals surface area contributed by atoms with Gasteiger partial charge < -0.3 is 20.1 Å². The first-order valence-corrected chi connectivity index (χ1v) is 8.67. The third kappa shape index (κ3) is 3.88. The minimum absolute atomic E-state index is 0.0186. The van der Waals surface area contributed by atoms with Crippen LogP contribution in [0.5, 0.6) is 5.75 Å². The topological polar surface area (TPSA) is 122 Å². The van der Waals surface area contributed by atoms with E-state index in [1.807, 2.05) is 4.90 Å². The zero-order valence-electron chi connectivity index (χ0n) is 15.2. The fraction of sp³-hybridized carbons (Fsp3) is 0.263. The molecule has 0 aliphatic carbocycles. The van der Waals surface area contributed by atoms with Gasteiger partial charge in [-0.1, -0.05) is 0 Å². The number of carboxylic acid groups (broad SMARTS) is 1. The molecule has 2 aromatic rings. The van der Waals surface area contributed by atoms with Crippen LogP contribution in [0, 0.1) is 10.1 Å². The second-order valence-electron chi connectivity index (χ2n) is 6.33. The minimum Gasteiger partial charge on any atom is -0.495 e. The Morgan fingerprint density at radius 3 is 2.50 bits per heavy atom. The summed E-state index contributed by atoms with van der Waals surface area (Å²) >= 11 is 0. The molecule has 0 spiro atoms. The molecule has 0 saturated carbocycles. The van der Waals surface area contributed by atoms with E-state index in [1.165, 1.54) is 37.4 Å². The number of rotatable bonds is 6. The van der Waals surface area contributed by atoms with E-state index < -0.39 is 16.8 Å². The van der Waals surface area contributed by atoms with Crippen LogP contribution in [0.1, 0.15) is 33.6 Å². The highest BCUT2D eigenvalue weighted by Gasteiger charge is 2.23. The van der Waals surface area contributed by atoms with E-state index in [9.17, 15) is 24.8 Å². The van der Waals surface area contributed by atoms with Gasteiger partial charge in [0, 0.05) is 25.2 Å². The van der Waals surface area contributed by atoms with Crippen LogP contribution < -0.4 is 15.0 Å². The molecule has 0 bridgehead atoms. The van der Waals surface area contributed by atoms with Crippen molar-refractivity contribution in [1.82, 2.24) is 0 Å². The Morgan fingerprint density at radius 2 is 1.89 bits per heavy atom. The van der Waals surface area contributed by atoms with Crippen molar-refractivity contribution >= 4 is 28.9 Å². The third-order valence-electron chi connectivity index (χ3n) is 4.58. The summed E-state index contributed by atoms with van der Waals surface area (Å²) in [6.07, 6.45) is 1.96. The van der Waals surface area contributed by atoms with Crippen molar-refractivity contribution in [2.45, 2.75) is 12.8 Å². The van der Waals surface area contributed by atoms with Crippen molar-refractivity contribution < 1.29 is 24.4 Å². The monoisotopic (exact) mass is 385 g/mol. The lowest BCUT2D eigenvalue weighted by molar-refractivity contribution is -0.384. The summed E-state index contributed by atoms with van der Waals surface area (Å²) in [6, 6.07) is 8.26. The number of methoxy groups -OCH3 is 1. The SMILES string of the molecule is COc1ccc(C(=O)O)cc1NC(=O)c1cc([N+](=O)[O-])ccc1N1CCCC1. The van der Waals surface area contributed by atoms with Gasteiger partial charge in [0.2, 0.25) is 0 Å². The number of carbonyl (C=O) groups is 2. The van der Waals surface area contributed by atoms with Gasteiger partial charge in [0.1, 0.15) is 5.75 Å². The maximum atomic E-state index is 13.0. The first-order valence-electron chi connectivity index (χ1n) is 8.67. The molecule has 9 nitrogen and oxygen atoms in total. The Kier molecular flexibility index (Phi) is 5.44. The van der Waals surface area contributed by atoms with Gasteiger partial charge in [0.25, 0.3) is 11.6 Å². The summed E-state index contributed by atoms with van der Waals surface area (Å²) in [7, 11) is 1.40. The fourth-order valence-corrected chi connectivity index (χ4v) is 3.18. The first-order chi connectivity index (χ1) is 13.4. The molecule has 2 N–H and O–H groups in total. The molecule has 1 aliphatic rings. The number of nitrogens with zero attached hydrogens (tertiary/aromatic N) is 2. The quantitative estimate of drug-likeness (QED) is 0.578. The molecular formula is C19H19N3O6. The zero-order chi connectivity index (χ0) is 20.3. The Hall–Kier alpha value is -3.62. The fourth-order valence-electron chi connectivity index (χ4n) is 3.18. The van der Waals surface area contributed by atoms with Crippen LogP contribution in [0.2, 0.25) is 0 Å². The number of carbonyl (C=O) groups excluding carboxylic acids is 1. The molecule has 0 radical (unpaired) electrons. The highest BCUT2D eigenvalue weighted by Crippen LogP contribution is 2.31. The molecule has 0 aromatic heterocycles. The van der Waals surface area contributed by atoms with Crippen molar-refractivity contribution in [3.8, 4) is 5.75 Å². The molecule has 28 heavy (non-hydrogen) atoms. The van der Waals surface area contributed by atoms with Crippen molar-refractivity contribution in [2.24, 2.45) is 0 Å². The predicted molar refractivity (Wildman–Crippen MR) is 102 cm³/mol. The van der Waals surface area contributed by atoms with Gasteiger partial charge >= 0.3 is 5.97 Å². The first kappa shape index (κ1) is 19.2. The van der Waals surface area contributed by atoms with Gasteiger partial charge in [-0.25, -0.2) is 4.79 Å². The van der Waals surface area contributed by atoms with Gasteiger partial charge in [-0.05, 0) is 37.1 Å². The Morgan fingerprint density at radius 1 is 1.18 bits per heavy atom. The lowest BCUT2D eigenvalue weighted by Crippen LogP contribution is -2.23. The Labute approximate surface area is 160 Å². The van der Waals surface area contributed by atoms with E-state index in [0.29, 0.717) is 5.69 Å². The molecule has 2 aromatic carbocycles. The van der Waals surface area contributed by atoms with Gasteiger partial charge in [0.15, 0.2) is 0 Å². The standard InChI is InChI=1S/C19H19N3O6/c1-28-17-7-4-12(19(24)25)10-15(17)20-18(23)14-11-13(22(26)27)5-6-16(14)21-8-2-3-9-21/h4-7,10-11H,2-3,8-9H2,1H3,(H,20,23)(H,24,25). The molecule has 1 aliphatic heterocycles. The molecule has 0 atom stereocenters. The van der Waals surface area contributed by atoms with Crippen LogP contribution in [0.25, 0.3) is 0 Å². The smallest absolute Gasteiger partial charge is 0.335 e. The van der Waals surface area contributed by atoms with Crippen molar-refractivity contribution in [2.75, 3.05) is 30.4 Å². The molecule has 3 rings (SSSR count). The second kappa shape index (κ2) is 7.95. The number of anilines is 2. The third-order valence-corrected chi connectivity index (χ3v) is 4.58. The average Bonchev–Trinajstić information content (AvgIpc) is 3.21. The van der Waals surface area contributed by atoms with E-state index in [2.05, 4.69) is 5.32 Å². The van der Waals surface area contributed by atoms with Gasteiger partial charge in [-0.2, -0.15) is 0 Å². The maximum Gasteiger partial charge on any atom is 0.335 e. The number of benzene rings is 2. The summed E-state index contributed by atoms with van der Waals surface area (Å²) < 4.78 is 5.18. The molecule has 146 valence electrons. The van der Waals surface area contributed by atoms with E-state index in [-0.39, 0.29) is 28.3 Å². The normalized spacial score (nSPS) is 13.2. The Balaban J connectivity index is 1.99. The molecule has 1 heterocycles. The molecular weight excluding hydrogens is 366 g/mol. The molecule has 9 heteroatoms. The number of non-ortho nitro benzene ring substituents is 1. The van der Waals surface area contributed by atoms with Crippen LogP contribution >= 0.6 is 0 Å². The van der Waals surface area contributed by atoms with Gasteiger partial charge in [-0.3, -0.25) is 14.9 Å². The van der Waals surface area contributed by atoms with Crippen LogP contribution in [0.4, 0.5) is 17.1 Å². The average molecular weight is 385 g/mol. The van der Waals surface area contributed by atoms with Crippen LogP contribution in [0.15, 0.2) is 36.4 Å². The summed E-state index contributed by atoms with van der Waals surface area (Å²) in [5.74, 6) is -1.44. The number of aromatic carboxylic acids is 1. The van der Waals surface area contributed by atoms with E-state index >= 15 is 0 Å². The predicted octanol–water partition coefficient (Wildman–Crippen LogP) is 3.15. The lowest BCUT2D eigenvalue weighted by atomic mass is 10.1. The number of amides is 1. The maximum absolute atomic E-state index is 13.0. The van der Waals surface area contributed by atoms with Crippen molar-refractivity contribution in [3.63, 3.8) is 0 Å². The highest BCUT2D eigenvalue weighted by molar-refractivity contribution is 6.09. The van der Waals surface area contributed by atoms with E-state index in [0.717, 1.165) is 25.9 Å². The summed E-state index contributed by atoms with van der Waals surface area (Å²) in [4.78, 5) is 36.8. The molecule has 1 fully saturated rings. The van der Waals surface area contributed by atoms with E-state index in [1.54, 1.807) is 6.07 Å². The van der Waals surface area contributed by atoms with Crippen LogP contribution in [0.3, 0.4) is 0 Å². The number of hydrogen-bond donors (Lipinski definition) is 2. The largest absolute Gasteiger partial charge is 0.495 e. The Bertz CT molecular complexity index is 937. The summed E-state index contributed by atoms with van der Waals surface area (Å²) in [5.41, 5.74) is 0.716. The summed E-state index contributed by atoms with van der Waals surface area (Å²) in [6.45, 7) is 1.52. The molecule has 1 saturated heterocycles. The highest BCUT2D eigenvalue weighted by atomic mass is 16.6. The minimum atomic E-state index is -1.15. The van der Waals surface area contributed by atoms with Crippen LogP contribution in [-0.2, 0) is 0 Å². The number of nitro groups is 1. The van der Waals surface area contributed by atoms with E-state index in [4.69, 9.17) is 4.74 Å². The number of nitro benzene ring substituents is 1. The molecule has 0 unspecified atom stereocenters. The van der Waals surface area contributed by atoms with Gasteiger partial charge in [-0.15, -0.1) is 0 Å².